The molecule has 1 aliphatic carbocycles. The molecule has 0 aliphatic heterocycles. The Kier molecular flexibility index (Phi) is 5.10. The van der Waals surface area contributed by atoms with E-state index in [0.717, 1.165) is 19.3 Å². The van der Waals surface area contributed by atoms with E-state index in [-0.39, 0.29) is 23.0 Å². The van der Waals surface area contributed by atoms with Crippen LogP contribution in [0.2, 0.25) is 0 Å². The van der Waals surface area contributed by atoms with Crippen molar-refractivity contribution in [2.45, 2.75) is 57.5 Å². The summed E-state index contributed by atoms with van der Waals surface area (Å²) < 4.78 is 23.4. The van der Waals surface area contributed by atoms with E-state index >= 15 is 0 Å². The first kappa shape index (κ1) is 16.5. The quantitative estimate of drug-likeness (QED) is 0.879. The van der Waals surface area contributed by atoms with Crippen LogP contribution in [0.1, 0.15) is 45.6 Å². The predicted molar refractivity (Wildman–Crippen MR) is 88.4 cm³/mol. The van der Waals surface area contributed by atoms with Gasteiger partial charge in [0.15, 0.2) is 9.84 Å². The van der Waals surface area contributed by atoms with Crippen molar-refractivity contribution in [2.75, 3.05) is 11.5 Å². The van der Waals surface area contributed by atoms with Crippen molar-refractivity contribution in [3.05, 3.63) is 35.9 Å². The second kappa shape index (κ2) is 6.49. The van der Waals surface area contributed by atoms with E-state index in [0.29, 0.717) is 6.04 Å². The van der Waals surface area contributed by atoms with E-state index < -0.39 is 9.84 Å². The van der Waals surface area contributed by atoms with Crippen LogP contribution in [0.25, 0.3) is 0 Å². The van der Waals surface area contributed by atoms with E-state index in [1.54, 1.807) is 6.92 Å². The fraction of sp³-hybridized carbons (Fsp3) is 0.647. The van der Waals surface area contributed by atoms with Crippen LogP contribution in [0, 0.1) is 0 Å². The highest BCUT2D eigenvalue weighted by Gasteiger charge is 2.36. The van der Waals surface area contributed by atoms with Crippen LogP contribution in [0.4, 0.5) is 0 Å². The Labute approximate surface area is 129 Å². The number of rotatable bonds is 6. The van der Waals surface area contributed by atoms with Crippen molar-refractivity contribution in [3.63, 3.8) is 0 Å². The number of hydrogen-bond acceptors (Lipinski definition) is 3. The number of benzene rings is 1. The Morgan fingerprint density at radius 3 is 2.62 bits per heavy atom. The highest BCUT2D eigenvalue weighted by atomic mass is 32.2. The largest absolute Gasteiger partial charge is 0.310 e. The van der Waals surface area contributed by atoms with Gasteiger partial charge in [-0.1, -0.05) is 44.2 Å². The van der Waals surface area contributed by atoms with Crippen molar-refractivity contribution >= 4 is 9.84 Å². The molecule has 1 aromatic rings. The lowest BCUT2D eigenvalue weighted by Gasteiger charge is -2.26. The molecule has 1 aliphatic rings. The summed E-state index contributed by atoms with van der Waals surface area (Å²) in [5.41, 5.74) is 1.60. The van der Waals surface area contributed by atoms with Gasteiger partial charge in [-0.25, -0.2) is 8.42 Å². The molecule has 1 aromatic carbocycles. The topological polar surface area (TPSA) is 46.2 Å². The smallest absolute Gasteiger partial charge is 0.151 e. The first-order valence-electron chi connectivity index (χ1n) is 7.87. The van der Waals surface area contributed by atoms with Gasteiger partial charge in [0, 0.05) is 17.8 Å². The number of hydrogen-bond donors (Lipinski definition) is 1. The van der Waals surface area contributed by atoms with Crippen LogP contribution in [0.5, 0.6) is 0 Å². The van der Waals surface area contributed by atoms with Crippen LogP contribution in [-0.2, 0) is 15.3 Å². The standard InChI is InChI=1S/C17H27NO2S/c1-4-21(19,20)13-14(2)18-16-10-11-17(3,12-16)15-8-6-5-7-9-15/h5-9,14,16,18H,4,10-13H2,1-3H3/t14-,16+,17-/m0/s1. The van der Waals surface area contributed by atoms with Crippen LogP contribution < -0.4 is 5.32 Å². The molecule has 1 saturated carbocycles. The van der Waals surface area contributed by atoms with Gasteiger partial charge in [0.05, 0.1) is 5.75 Å². The molecular weight excluding hydrogens is 282 g/mol. The van der Waals surface area contributed by atoms with E-state index in [2.05, 4.69) is 42.6 Å². The Morgan fingerprint density at radius 2 is 2.00 bits per heavy atom. The van der Waals surface area contributed by atoms with Crippen molar-refractivity contribution in [3.8, 4) is 0 Å². The summed E-state index contributed by atoms with van der Waals surface area (Å²) in [6, 6.07) is 11.1. The second-order valence-corrected chi connectivity index (χ2v) is 9.03. The third kappa shape index (κ3) is 4.30. The average Bonchev–Trinajstić information content (AvgIpc) is 2.82. The minimum atomic E-state index is -2.90. The monoisotopic (exact) mass is 309 g/mol. The summed E-state index contributed by atoms with van der Waals surface area (Å²) in [5.74, 6) is 0.466. The lowest BCUT2D eigenvalue weighted by Crippen LogP contribution is -2.40. The summed E-state index contributed by atoms with van der Waals surface area (Å²) in [5, 5.41) is 3.52. The van der Waals surface area contributed by atoms with E-state index in [1.165, 1.54) is 5.56 Å². The highest BCUT2D eigenvalue weighted by molar-refractivity contribution is 7.91. The average molecular weight is 309 g/mol. The molecule has 0 amide bonds. The summed E-state index contributed by atoms with van der Waals surface area (Å²) in [6.07, 6.45) is 3.34. The highest BCUT2D eigenvalue weighted by Crippen LogP contribution is 2.40. The zero-order chi connectivity index (χ0) is 15.5. The molecule has 4 heteroatoms. The first-order valence-corrected chi connectivity index (χ1v) is 9.69. The van der Waals surface area contributed by atoms with Gasteiger partial charge in [0.2, 0.25) is 0 Å². The lowest BCUT2D eigenvalue weighted by molar-refractivity contribution is 0.429. The molecule has 0 aromatic heterocycles. The molecule has 0 bridgehead atoms. The van der Waals surface area contributed by atoms with Crippen molar-refractivity contribution in [1.82, 2.24) is 5.32 Å². The van der Waals surface area contributed by atoms with Gasteiger partial charge in [0.1, 0.15) is 0 Å². The third-order valence-corrected chi connectivity index (χ3v) is 6.56. The molecule has 0 spiro atoms. The molecule has 21 heavy (non-hydrogen) atoms. The van der Waals surface area contributed by atoms with E-state index in [4.69, 9.17) is 0 Å². The van der Waals surface area contributed by atoms with Gasteiger partial charge in [-0.3, -0.25) is 0 Å². The molecule has 1 N–H and O–H groups in total. The van der Waals surface area contributed by atoms with Crippen LogP contribution in [-0.4, -0.2) is 32.0 Å². The number of sulfone groups is 1. The van der Waals surface area contributed by atoms with E-state index in [1.807, 2.05) is 6.92 Å². The molecule has 0 saturated heterocycles. The third-order valence-electron chi connectivity index (χ3n) is 4.68. The zero-order valence-electron chi connectivity index (χ0n) is 13.3. The predicted octanol–water partition coefficient (Wildman–Crippen LogP) is 2.91. The van der Waals surface area contributed by atoms with Gasteiger partial charge < -0.3 is 5.32 Å². The van der Waals surface area contributed by atoms with Crippen LogP contribution >= 0.6 is 0 Å². The van der Waals surface area contributed by atoms with Gasteiger partial charge in [-0.15, -0.1) is 0 Å². The normalized spacial score (nSPS) is 27.7. The maximum Gasteiger partial charge on any atom is 0.151 e. The number of nitrogens with one attached hydrogen (secondary N) is 1. The fourth-order valence-corrected chi connectivity index (χ4v) is 4.53. The van der Waals surface area contributed by atoms with Crippen molar-refractivity contribution in [2.24, 2.45) is 0 Å². The minimum absolute atomic E-state index is 0.0260. The first-order chi connectivity index (χ1) is 9.85. The summed E-state index contributed by atoms with van der Waals surface area (Å²) in [7, 11) is -2.90. The molecule has 0 unspecified atom stereocenters. The van der Waals surface area contributed by atoms with Crippen molar-refractivity contribution < 1.29 is 8.42 Å². The molecule has 3 nitrogen and oxygen atoms in total. The molecule has 118 valence electrons. The second-order valence-electron chi connectivity index (χ2n) is 6.63. The molecule has 2 rings (SSSR count). The summed E-state index contributed by atoms with van der Waals surface area (Å²) in [6.45, 7) is 6.01. The maximum absolute atomic E-state index is 11.7. The maximum atomic E-state index is 11.7. The van der Waals surface area contributed by atoms with Crippen molar-refractivity contribution in [1.29, 1.82) is 0 Å². The Bertz CT molecular complexity index is 555. The molecule has 0 heterocycles. The van der Waals surface area contributed by atoms with Crippen LogP contribution in [0.15, 0.2) is 30.3 Å². The molecule has 1 fully saturated rings. The fourth-order valence-electron chi connectivity index (χ4n) is 3.43. The molecule has 3 atom stereocenters. The summed E-state index contributed by atoms with van der Waals surface area (Å²) >= 11 is 0. The van der Waals surface area contributed by atoms with Gasteiger partial charge in [-0.2, -0.15) is 0 Å². The van der Waals surface area contributed by atoms with Gasteiger partial charge >= 0.3 is 0 Å². The van der Waals surface area contributed by atoms with Crippen LogP contribution in [0.3, 0.4) is 0 Å². The zero-order valence-corrected chi connectivity index (χ0v) is 14.1. The Balaban J connectivity index is 1.94. The molecule has 0 radical (unpaired) electrons. The SMILES string of the molecule is CCS(=O)(=O)C[C@H](C)N[C@@H]1CC[C@](C)(c2ccccc2)C1. The molecular formula is C17H27NO2S. The Morgan fingerprint density at radius 1 is 1.33 bits per heavy atom. The van der Waals surface area contributed by atoms with E-state index in [9.17, 15) is 8.42 Å². The lowest BCUT2D eigenvalue weighted by atomic mass is 9.81. The summed E-state index contributed by atoms with van der Waals surface area (Å²) in [4.78, 5) is 0. The Hall–Kier alpha value is -0.870. The van der Waals surface area contributed by atoms with Gasteiger partial charge in [0.25, 0.3) is 0 Å². The van der Waals surface area contributed by atoms with Gasteiger partial charge in [-0.05, 0) is 37.2 Å². The minimum Gasteiger partial charge on any atom is -0.310 e.